The Hall–Kier alpha value is -2.87. The second-order valence-corrected chi connectivity index (χ2v) is 9.78. The van der Waals surface area contributed by atoms with Gasteiger partial charge in [0.1, 0.15) is 5.82 Å². The zero-order valence-corrected chi connectivity index (χ0v) is 20.0. The van der Waals surface area contributed by atoms with Crippen LogP contribution in [0.1, 0.15) is 63.4 Å². The molecule has 7 nitrogen and oxygen atoms in total. The Morgan fingerprint density at radius 3 is 2.61 bits per heavy atom. The number of imide groups is 1. The number of aromatic nitrogens is 3. The standard InChI is InChI=1S/C25H31N5O2S/c1-17(2)26-24(32)27-23(31)16-33-25-29-28-22(30(25)20-12-4-3-5-13-20)15-19-11-8-10-18-9-6-7-14-21(18)19/h6-11,14,17,20H,3-5,12-13,15-16H2,1-2H3,(H2,26,27,31,32). The van der Waals surface area contributed by atoms with Crippen molar-refractivity contribution in [3.8, 4) is 0 Å². The molecule has 0 saturated heterocycles. The maximum atomic E-state index is 12.3. The van der Waals surface area contributed by atoms with E-state index in [2.05, 4.69) is 67.9 Å². The van der Waals surface area contributed by atoms with E-state index in [9.17, 15) is 9.59 Å². The van der Waals surface area contributed by atoms with Crippen molar-refractivity contribution in [2.45, 2.75) is 69.6 Å². The van der Waals surface area contributed by atoms with Crippen LogP contribution in [0.3, 0.4) is 0 Å². The van der Waals surface area contributed by atoms with Crippen LogP contribution in [0.2, 0.25) is 0 Å². The van der Waals surface area contributed by atoms with Gasteiger partial charge in [0.2, 0.25) is 5.91 Å². The predicted molar refractivity (Wildman–Crippen MR) is 131 cm³/mol. The minimum Gasteiger partial charge on any atom is -0.336 e. The van der Waals surface area contributed by atoms with Crippen molar-refractivity contribution in [2.24, 2.45) is 0 Å². The molecule has 0 atom stereocenters. The van der Waals surface area contributed by atoms with Crippen LogP contribution in [0.15, 0.2) is 47.6 Å². The first-order chi connectivity index (χ1) is 16.0. The average Bonchev–Trinajstić information content (AvgIpc) is 3.20. The fourth-order valence-corrected chi connectivity index (χ4v) is 5.26. The number of thioether (sulfide) groups is 1. The first kappa shape index (κ1) is 23.3. The Balaban J connectivity index is 1.54. The molecule has 0 spiro atoms. The van der Waals surface area contributed by atoms with Gasteiger partial charge in [-0.25, -0.2) is 4.79 Å². The topological polar surface area (TPSA) is 88.9 Å². The van der Waals surface area contributed by atoms with E-state index in [-0.39, 0.29) is 17.7 Å². The number of benzene rings is 2. The molecule has 1 fully saturated rings. The van der Waals surface area contributed by atoms with Crippen LogP contribution in [0.5, 0.6) is 0 Å². The minimum atomic E-state index is -0.471. The third kappa shape index (κ3) is 5.93. The maximum Gasteiger partial charge on any atom is 0.321 e. The Kier molecular flexibility index (Phi) is 7.65. The molecule has 0 unspecified atom stereocenters. The summed E-state index contributed by atoms with van der Waals surface area (Å²) in [4.78, 5) is 24.1. The molecule has 3 amide bonds. The quantitative estimate of drug-likeness (QED) is 0.487. The molecule has 1 aliphatic rings. The van der Waals surface area contributed by atoms with Gasteiger partial charge in [-0.05, 0) is 43.0 Å². The fourth-order valence-electron chi connectivity index (χ4n) is 4.44. The number of amides is 3. The van der Waals surface area contributed by atoms with E-state index in [1.165, 1.54) is 47.4 Å². The summed E-state index contributed by atoms with van der Waals surface area (Å²) in [6, 6.07) is 14.6. The molecule has 1 saturated carbocycles. The molecule has 0 radical (unpaired) electrons. The number of urea groups is 1. The lowest BCUT2D eigenvalue weighted by molar-refractivity contribution is -0.117. The molecule has 3 aromatic rings. The van der Waals surface area contributed by atoms with Crippen molar-refractivity contribution in [3.05, 3.63) is 53.9 Å². The molecule has 1 heterocycles. The van der Waals surface area contributed by atoms with Gasteiger partial charge < -0.3 is 9.88 Å². The van der Waals surface area contributed by atoms with Crippen molar-refractivity contribution in [2.75, 3.05) is 5.75 Å². The largest absolute Gasteiger partial charge is 0.336 e. The number of nitrogens with one attached hydrogen (secondary N) is 2. The van der Waals surface area contributed by atoms with E-state index in [1.807, 2.05) is 13.8 Å². The van der Waals surface area contributed by atoms with Crippen molar-refractivity contribution < 1.29 is 9.59 Å². The minimum absolute atomic E-state index is 0.0310. The molecule has 174 valence electrons. The monoisotopic (exact) mass is 465 g/mol. The van der Waals surface area contributed by atoms with E-state index in [0.29, 0.717) is 12.5 Å². The molecule has 0 aliphatic heterocycles. The van der Waals surface area contributed by atoms with Gasteiger partial charge in [-0.15, -0.1) is 10.2 Å². The van der Waals surface area contributed by atoms with E-state index >= 15 is 0 Å². The van der Waals surface area contributed by atoms with E-state index in [0.717, 1.165) is 23.8 Å². The lowest BCUT2D eigenvalue weighted by atomic mass is 9.95. The first-order valence-electron chi connectivity index (χ1n) is 11.6. The van der Waals surface area contributed by atoms with E-state index < -0.39 is 6.03 Å². The maximum absolute atomic E-state index is 12.3. The lowest BCUT2D eigenvalue weighted by Crippen LogP contribution is -2.43. The molecule has 2 aromatic carbocycles. The zero-order chi connectivity index (χ0) is 23.2. The van der Waals surface area contributed by atoms with Crippen LogP contribution in [-0.2, 0) is 11.2 Å². The molecule has 1 aliphatic carbocycles. The van der Waals surface area contributed by atoms with Crippen molar-refractivity contribution in [1.82, 2.24) is 25.4 Å². The second-order valence-electron chi connectivity index (χ2n) is 8.84. The summed E-state index contributed by atoms with van der Waals surface area (Å²) < 4.78 is 2.24. The number of carbonyl (C=O) groups excluding carboxylic acids is 2. The smallest absolute Gasteiger partial charge is 0.321 e. The highest BCUT2D eigenvalue weighted by Crippen LogP contribution is 2.33. The van der Waals surface area contributed by atoms with Gasteiger partial charge in [0.05, 0.1) is 5.75 Å². The number of carbonyl (C=O) groups is 2. The predicted octanol–water partition coefficient (Wildman–Crippen LogP) is 4.85. The van der Waals surface area contributed by atoms with Crippen LogP contribution in [-0.4, -0.2) is 38.5 Å². The highest BCUT2D eigenvalue weighted by molar-refractivity contribution is 7.99. The molecule has 0 bridgehead atoms. The van der Waals surface area contributed by atoms with Gasteiger partial charge >= 0.3 is 6.03 Å². The van der Waals surface area contributed by atoms with Gasteiger partial charge in [-0.1, -0.05) is 73.5 Å². The van der Waals surface area contributed by atoms with Crippen LogP contribution in [0.25, 0.3) is 10.8 Å². The van der Waals surface area contributed by atoms with Crippen LogP contribution in [0.4, 0.5) is 4.79 Å². The lowest BCUT2D eigenvalue weighted by Gasteiger charge is -2.25. The second kappa shape index (κ2) is 10.8. The number of hydrogen-bond donors (Lipinski definition) is 2. The van der Waals surface area contributed by atoms with Crippen LogP contribution in [0, 0.1) is 0 Å². The van der Waals surface area contributed by atoms with Crippen molar-refractivity contribution >= 4 is 34.5 Å². The van der Waals surface area contributed by atoms with Crippen molar-refractivity contribution in [3.63, 3.8) is 0 Å². The molecule has 4 rings (SSSR count). The Bertz CT molecular complexity index is 1120. The molecular weight excluding hydrogens is 434 g/mol. The average molecular weight is 466 g/mol. The van der Waals surface area contributed by atoms with Gasteiger partial charge in [0, 0.05) is 18.5 Å². The zero-order valence-electron chi connectivity index (χ0n) is 19.2. The first-order valence-corrected chi connectivity index (χ1v) is 12.6. The Morgan fingerprint density at radius 2 is 1.82 bits per heavy atom. The summed E-state index contributed by atoms with van der Waals surface area (Å²) in [7, 11) is 0. The summed E-state index contributed by atoms with van der Waals surface area (Å²) in [6.07, 6.45) is 6.52. The van der Waals surface area contributed by atoms with Gasteiger partial charge in [-0.2, -0.15) is 0 Å². The summed E-state index contributed by atoms with van der Waals surface area (Å²) in [6.45, 7) is 3.70. The summed E-state index contributed by atoms with van der Waals surface area (Å²) in [5.41, 5.74) is 1.22. The fraction of sp³-hybridized carbons (Fsp3) is 0.440. The van der Waals surface area contributed by atoms with Gasteiger partial charge in [0.25, 0.3) is 0 Å². The summed E-state index contributed by atoms with van der Waals surface area (Å²) in [5.74, 6) is 0.704. The van der Waals surface area contributed by atoms with Crippen molar-refractivity contribution in [1.29, 1.82) is 0 Å². The highest BCUT2D eigenvalue weighted by Gasteiger charge is 2.24. The Labute approximate surface area is 198 Å². The Morgan fingerprint density at radius 1 is 1.06 bits per heavy atom. The summed E-state index contributed by atoms with van der Waals surface area (Å²) >= 11 is 1.34. The molecular formula is C25H31N5O2S. The van der Waals surface area contributed by atoms with E-state index in [1.54, 1.807) is 0 Å². The number of nitrogens with zero attached hydrogens (tertiary/aromatic N) is 3. The summed E-state index contributed by atoms with van der Waals surface area (Å²) in [5, 5.41) is 17.2. The normalized spacial score (nSPS) is 14.5. The SMILES string of the molecule is CC(C)NC(=O)NC(=O)CSc1nnc(Cc2cccc3ccccc23)n1C1CCCCC1. The van der Waals surface area contributed by atoms with Crippen LogP contribution < -0.4 is 10.6 Å². The molecule has 33 heavy (non-hydrogen) atoms. The van der Waals surface area contributed by atoms with Crippen LogP contribution >= 0.6 is 11.8 Å². The molecule has 2 N–H and O–H groups in total. The molecule has 8 heteroatoms. The third-order valence-electron chi connectivity index (χ3n) is 5.91. The van der Waals surface area contributed by atoms with Gasteiger partial charge in [-0.3, -0.25) is 10.1 Å². The van der Waals surface area contributed by atoms with Gasteiger partial charge in [0.15, 0.2) is 5.16 Å². The third-order valence-corrected chi connectivity index (χ3v) is 6.85. The number of hydrogen-bond acceptors (Lipinski definition) is 5. The highest BCUT2D eigenvalue weighted by atomic mass is 32.2. The number of fused-ring (bicyclic) bond motifs is 1. The molecule has 1 aromatic heterocycles. The van der Waals surface area contributed by atoms with E-state index in [4.69, 9.17) is 0 Å². The number of rotatable bonds is 7.